The second kappa shape index (κ2) is 16.3. The minimum Gasteiger partial charge on any atom is -0.507 e. The number of ether oxygens (including phenoxy) is 6. The van der Waals surface area contributed by atoms with Crippen LogP contribution in [0.3, 0.4) is 0 Å². The summed E-state index contributed by atoms with van der Waals surface area (Å²) < 4.78 is 38.8. The third-order valence-corrected chi connectivity index (χ3v) is 9.40. The highest BCUT2D eigenvalue weighted by atomic mass is 16.7. The zero-order chi connectivity index (χ0) is 40.0. The maximum absolute atomic E-state index is 14.1. The molecule has 3 fully saturated rings. The van der Waals surface area contributed by atoms with Crippen LogP contribution in [0.1, 0.15) is 0 Å². The number of hydrogen-bond acceptors (Lipinski definition) is 22. The molecule has 1 aromatic heterocycles. The van der Waals surface area contributed by atoms with E-state index in [1.54, 1.807) is 0 Å². The van der Waals surface area contributed by atoms with Crippen molar-refractivity contribution in [3.05, 3.63) is 40.6 Å². The van der Waals surface area contributed by atoms with Crippen molar-refractivity contribution in [2.45, 2.75) is 92.1 Å². The standard InChI is InChI=1S/C33H40O22/c34-6-15-19(39)23(43)26(46)31(52-15)49-10-4-12(38)18-14(5-10)50-29(30(22(18)42)55-33-28(48)25(45)21(41)17(8-36)54-33)9-1-2-13(11(37)3-9)51-32-27(47)24(44)20(40)16(7-35)53-32/h1-5,15-17,19-21,23-28,31-41,43-48H,6-8H2. The molecule has 0 amide bonds. The van der Waals surface area contributed by atoms with E-state index in [1.807, 2.05) is 0 Å². The van der Waals surface area contributed by atoms with Gasteiger partial charge < -0.3 is 104 Å². The molecule has 0 radical (unpaired) electrons. The van der Waals surface area contributed by atoms with Gasteiger partial charge in [-0.1, -0.05) is 0 Å². The van der Waals surface area contributed by atoms with Crippen LogP contribution < -0.4 is 19.6 Å². The Labute approximate surface area is 307 Å². The molecule has 3 aliphatic rings. The average molecular weight is 789 g/mol. The van der Waals surface area contributed by atoms with Crippen molar-refractivity contribution in [3.63, 3.8) is 0 Å². The highest BCUT2D eigenvalue weighted by Gasteiger charge is 2.47. The van der Waals surface area contributed by atoms with E-state index < -0.39 is 151 Å². The van der Waals surface area contributed by atoms with Crippen LogP contribution in [-0.2, 0) is 14.2 Å². The maximum atomic E-state index is 14.1. The van der Waals surface area contributed by atoms with Crippen LogP contribution in [0.15, 0.2) is 39.5 Å². The molecule has 3 aromatic rings. The van der Waals surface area contributed by atoms with Gasteiger partial charge in [0.1, 0.15) is 95.7 Å². The highest BCUT2D eigenvalue weighted by Crippen LogP contribution is 2.41. The SMILES string of the molecule is O=c1c(OC2OC(CO)C(O)C(O)C2O)c(-c2ccc(OC3OC(CO)C(O)C(O)C3O)c(O)c2)oc2cc(OC3OC(CO)C(O)C(O)C3O)cc(O)c12. The van der Waals surface area contributed by atoms with Gasteiger partial charge in [0.15, 0.2) is 17.3 Å². The topological polar surface area (TPSA) is 369 Å². The molecule has 15 unspecified atom stereocenters. The van der Waals surface area contributed by atoms with Crippen LogP contribution >= 0.6 is 0 Å². The third kappa shape index (κ3) is 7.63. The number of aromatic hydroxyl groups is 2. The van der Waals surface area contributed by atoms with Gasteiger partial charge in [-0.3, -0.25) is 4.79 Å². The molecular formula is C33H40O22. The van der Waals surface area contributed by atoms with Crippen LogP contribution in [0, 0.1) is 0 Å². The molecule has 22 nitrogen and oxygen atoms in total. The lowest BCUT2D eigenvalue weighted by Gasteiger charge is -2.39. The van der Waals surface area contributed by atoms with Gasteiger partial charge in [-0.2, -0.15) is 0 Å². The molecule has 22 heteroatoms. The van der Waals surface area contributed by atoms with Gasteiger partial charge in [-0.15, -0.1) is 0 Å². The van der Waals surface area contributed by atoms with Crippen molar-refractivity contribution in [1.29, 1.82) is 0 Å². The van der Waals surface area contributed by atoms with Crippen LogP contribution in [0.4, 0.5) is 0 Å². The lowest BCUT2D eigenvalue weighted by atomic mass is 9.99. The number of phenolic OH excluding ortho intramolecular Hbond substituents is 2. The van der Waals surface area contributed by atoms with Gasteiger partial charge in [0, 0.05) is 17.7 Å². The number of rotatable bonds is 10. The zero-order valence-electron chi connectivity index (χ0n) is 28.2. The van der Waals surface area contributed by atoms with Crippen molar-refractivity contribution >= 4 is 11.0 Å². The summed E-state index contributed by atoms with van der Waals surface area (Å²) in [6.07, 6.45) is -26.1. The predicted octanol–water partition coefficient (Wildman–Crippen LogP) is -5.59. The Morgan fingerprint density at radius 2 is 1.02 bits per heavy atom. The van der Waals surface area contributed by atoms with Crippen LogP contribution in [0.5, 0.6) is 28.7 Å². The number of fused-ring (bicyclic) bond motifs is 1. The quantitative estimate of drug-likeness (QED) is 0.0910. The highest BCUT2D eigenvalue weighted by molar-refractivity contribution is 5.88. The molecule has 0 spiro atoms. The summed E-state index contributed by atoms with van der Waals surface area (Å²) in [7, 11) is 0. The van der Waals surface area contributed by atoms with Crippen molar-refractivity contribution in [2.24, 2.45) is 0 Å². The smallest absolute Gasteiger partial charge is 0.239 e. The fourth-order valence-electron chi connectivity index (χ4n) is 6.25. The number of hydrogen-bond donors (Lipinski definition) is 14. The Hall–Kier alpha value is -3.95. The number of aliphatic hydroxyl groups excluding tert-OH is 12. The molecule has 15 atom stereocenters. The fourth-order valence-corrected chi connectivity index (χ4v) is 6.25. The lowest BCUT2D eigenvalue weighted by molar-refractivity contribution is -0.277. The molecule has 6 rings (SSSR count). The minimum absolute atomic E-state index is 0.183. The van der Waals surface area contributed by atoms with Crippen molar-refractivity contribution in [1.82, 2.24) is 0 Å². The summed E-state index contributed by atoms with van der Waals surface area (Å²) in [5.41, 5.74) is -1.77. The Morgan fingerprint density at radius 3 is 1.49 bits per heavy atom. The van der Waals surface area contributed by atoms with Crippen molar-refractivity contribution in [3.8, 4) is 40.1 Å². The normalized spacial score (nSPS) is 36.8. The lowest BCUT2D eigenvalue weighted by Crippen LogP contribution is -2.60. The first kappa shape index (κ1) is 40.7. The van der Waals surface area contributed by atoms with Gasteiger partial charge in [-0.05, 0) is 18.2 Å². The van der Waals surface area contributed by atoms with Crippen LogP contribution in [0.2, 0.25) is 0 Å². The number of benzene rings is 2. The Balaban J connectivity index is 1.41. The first-order valence-corrected chi connectivity index (χ1v) is 16.7. The van der Waals surface area contributed by atoms with E-state index in [0.717, 1.165) is 24.3 Å². The minimum atomic E-state index is -2.02. The largest absolute Gasteiger partial charge is 0.507 e. The molecule has 0 saturated carbocycles. The van der Waals surface area contributed by atoms with E-state index in [1.165, 1.54) is 6.07 Å². The Kier molecular flexibility index (Phi) is 12.0. The van der Waals surface area contributed by atoms with Crippen LogP contribution in [0.25, 0.3) is 22.3 Å². The van der Waals surface area contributed by atoms with Gasteiger partial charge >= 0.3 is 0 Å². The molecule has 55 heavy (non-hydrogen) atoms. The summed E-state index contributed by atoms with van der Waals surface area (Å²) in [4.78, 5) is 14.1. The molecule has 0 bridgehead atoms. The third-order valence-electron chi connectivity index (χ3n) is 9.40. The maximum Gasteiger partial charge on any atom is 0.239 e. The number of aliphatic hydroxyl groups is 12. The Morgan fingerprint density at radius 1 is 0.545 bits per heavy atom. The van der Waals surface area contributed by atoms with Gasteiger partial charge in [-0.25, -0.2) is 0 Å². The molecule has 0 aliphatic carbocycles. The summed E-state index contributed by atoms with van der Waals surface area (Å²) in [6.45, 7) is -2.40. The van der Waals surface area contributed by atoms with Crippen molar-refractivity contribution in [2.75, 3.05) is 19.8 Å². The Bertz CT molecular complexity index is 1870. The van der Waals surface area contributed by atoms with E-state index in [4.69, 9.17) is 32.8 Å². The fraction of sp³-hybridized carbons (Fsp3) is 0.545. The summed E-state index contributed by atoms with van der Waals surface area (Å²) in [6, 6.07) is 5.14. The van der Waals surface area contributed by atoms with E-state index in [0.29, 0.717) is 0 Å². The average Bonchev–Trinajstić information content (AvgIpc) is 3.16. The monoisotopic (exact) mass is 788 g/mol. The number of phenols is 2. The summed E-state index contributed by atoms with van der Waals surface area (Å²) in [5, 5.41) is 143. The van der Waals surface area contributed by atoms with Crippen molar-refractivity contribution < 1.29 is 104 Å². The predicted molar refractivity (Wildman–Crippen MR) is 174 cm³/mol. The van der Waals surface area contributed by atoms with E-state index in [2.05, 4.69) is 0 Å². The van der Waals surface area contributed by atoms with Crippen LogP contribution in [-0.4, -0.2) is 183 Å². The first-order valence-electron chi connectivity index (χ1n) is 16.7. The molecular weight excluding hydrogens is 748 g/mol. The van der Waals surface area contributed by atoms with Gasteiger partial charge in [0.05, 0.1) is 19.8 Å². The molecule has 4 heterocycles. The van der Waals surface area contributed by atoms with E-state index in [9.17, 15) is 76.3 Å². The first-order chi connectivity index (χ1) is 26.1. The second-order valence-corrected chi connectivity index (χ2v) is 13.0. The van der Waals surface area contributed by atoms with Gasteiger partial charge in [0.25, 0.3) is 0 Å². The van der Waals surface area contributed by atoms with E-state index in [-0.39, 0.29) is 17.1 Å². The molecule has 3 aliphatic heterocycles. The van der Waals surface area contributed by atoms with Gasteiger partial charge in [0.2, 0.25) is 30.0 Å². The molecule has 3 saturated heterocycles. The summed E-state index contributed by atoms with van der Waals surface area (Å²) >= 11 is 0. The molecule has 14 N–H and O–H groups in total. The summed E-state index contributed by atoms with van der Waals surface area (Å²) in [5.74, 6) is -3.61. The van der Waals surface area contributed by atoms with E-state index >= 15 is 0 Å². The zero-order valence-corrected chi connectivity index (χ0v) is 28.2. The second-order valence-electron chi connectivity index (χ2n) is 13.0. The molecule has 304 valence electrons. The molecule has 2 aromatic carbocycles.